The number of amides is 1. The summed E-state index contributed by atoms with van der Waals surface area (Å²) in [7, 11) is 0. The Morgan fingerprint density at radius 3 is 2.59 bits per heavy atom. The maximum Gasteiger partial charge on any atom is 0.303 e. The van der Waals surface area contributed by atoms with Crippen LogP contribution in [0, 0.1) is 5.41 Å². The van der Waals surface area contributed by atoms with E-state index in [1.165, 1.54) is 4.68 Å². The maximum absolute atomic E-state index is 13.0. The summed E-state index contributed by atoms with van der Waals surface area (Å²) in [5.41, 5.74) is -0.300. The molecule has 9 heteroatoms. The number of hydrogen-bond acceptors (Lipinski definition) is 5. The van der Waals surface area contributed by atoms with Crippen LogP contribution in [0.4, 0.5) is 0 Å². The number of halogens is 1. The molecule has 1 N–H and O–H groups in total. The molecule has 0 atom stereocenters. The Labute approximate surface area is 176 Å². The van der Waals surface area contributed by atoms with Crippen LogP contribution < -0.4 is 5.56 Å². The summed E-state index contributed by atoms with van der Waals surface area (Å²) in [6.07, 6.45) is 0.335. The summed E-state index contributed by atoms with van der Waals surface area (Å²) in [6, 6.07) is 5.33. The van der Waals surface area contributed by atoms with Crippen LogP contribution in [0.2, 0.25) is 0 Å². The van der Waals surface area contributed by atoms with Crippen molar-refractivity contribution in [2.75, 3.05) is 26.3 Å². The van der Waals surface area contributed by atoms with Crippen molar-refractivity contribution in [1.82, 2.24) is 14.7 Å². The van der Waals surface area contributed by atoms with Crippen molar-refractivity contribution in [2.45, 2.75) is 33.2 Å². The van der Waals surface area contributed by atoms with Crippen LogP contribution in [0.3, 0.4) is 0 Å². The number of aliphatic carboxylic acids is 1. The largest absolute Gasteiger partial charge is 0.481 e. The predicted molar refractivity (Wildman–Crippen MR) is 111 cm³/mol. The summed E-state index contributed by atoms with van der Waals surface area (Å²) in [6.45, 7) is 5.48. The summed E-state index contributed by atoms with van der Waals surface area (Å²) in [5.74, 6) is -1.08. The minimum Gasteiger partial charge on any atom is -0.481 e. The first-order valence-corrected chi connectivity index (χ1v) is 10.2. The highest BCUT2D eigenvalue weighted by Crippen LogP contribution is 2.28. The number of carbonyl (C=O) groups is 2. The van der Waals surface area contributed by atoms with Gasteiger partial charge in [0.2, 0.25) is 5.91 Å². The van der Waals surface area contributed by atoms with E-state index >= 15 is 0 Å². The van der Waals surface area contributed by atoms with Crippen LogP contribution in [-0.2, 0) is 27.3 Å². The van der Waals surface area contributed by atoms with Crippen LogP contribution in [0.25, 0.3) is 10.8 Å². The number of rotatable bonds is 6. The zero-order valence-corrected chi connectivity index (χ0v) is 18.1. The molecule has 0 saturated carbocycles. The molecular formula is C20H24BrN3O5. The van der Waals surface area contributed by atoms with E-state index in [1.54, 1.807) is 17.0 Å². The second-order valence-electron chi connectivity index (χ2n) is 8.00. The first-order valence-electron chi connectivity index (χ1n) is 9.43. The van der Waals surface area contributed by atoms with Crippen LogP contribution >= 0.6 is 15.9 Å². The van der Waals surface area contributed by atoms with Gasteiger partial charge in [-0.2, -0.15) is 5.10 Å². The van der Waals surface area contributed by atoms with Crippen molar-refractivity contribution in [3.8, 4) is 0 Å². The third-order valence-electron chi connectivity index (χ3n) is 4.92. The van der Waals surface area contributed by atoms with Gasteiger partial charge >= 0.3 is 5.97 Å². The molecule has 0 bridgehead atoms. The predicted octanol–water partition coefficient (Wildman–Crippen LogP) is 2.06. The number of carboxylic acid groups (broad SMARTS) is 1. The van der Waals surface area contributed by atoms with Crippen LogP contribution in [0.5, 0.6) is 0 Å². The summed E-state index contributed by atoms with van der Waals surface area (Å²) < 4.78 is 7.21. The second kappa shape index (κ2) is 8.62. The zero-order valence-electron chi connectivity index (χ0n) is 16.5. The van der Waals surface area contributed by atoms with E-state index in [9.17, 15) is 19.5 Å². The summed E-state index contributed by atoms with van der Waals surface area (Å²) in [5, 5.41) is 14.8. The fraction of sp³-hybridized carbons (Fsp3) is 0.500. The van der Waals surface area contributed by atoms with Crippen LogP contribution in [0.15, 0.2) is 27.5 Å². The Morgan fingerprint density at radius 1 is 1.24 bits per heavy atom. The molecule has 1 aromatic carbocycles. The number of morpholine rings is 1. The van der Waals surface area contributed by atoms with Gasteiger partial charge in [-0.05, 0) is 24.0 Å². The number of fused-ring (bicyclic) bond motifs is 1. The monoisotopic (exact) mass is 465 g/mol. The van der Waals surface area contributed by atoms with E-state index in [4.69, 9.17) is 4.74 Å². The molecule has 156 valence electrons. The smallest absolute Gasteiger partial charge is 0.303 e. The molecular weight excluding hydrogens is 442 g/mol. The van der Waals surface area contributed by atoms with Gasteiger partial charge in [0.1, 0.15) is 6.54 Å². The Balaban J connectivity index is 2.01. The number of aromatic nitrogens is 2. The fourth-order valence-corrected chi connectivity index (χ4v) is 3.89. The normalized spacial score (nSPS) is 14.9. The second-order valence-corrected chi connectivity index (χ2v) is 8.92. The zero-order chi connectivity index (χ0) is 21.2. The van der Waals surface area contributed by atoms with Crippen molar-refractivity contribution in [3.05, 3.63) is 38.7 Å². The quantitative estimate of drug-likeness (QED) is 0.700. The van der Waals surface area contributed by atoms with Gasteiger partial charge in [-0.15, -0.1) is 0 Å². The Kier molecular flexibility index (Phi) is 6.38. The molecule has 1 saturated heterocycles. The molecule has 29 heavy (non-hydrogen) atoms. The standard InChI is InChI=1S/C20H24BrN3O5/c1-20(2,11-18(26)27)10-16-14-4-3-13(21)9-15(14)19(28)24(22-16)12-17(25)23-5-7-29-8-6-23/h3-4,9H,5-8,10-12H2,1-2H3,(H,26,27). The van der Waals surface area contributed by atoms with E-state index in [2.05, 4.69) is 21.0 Å². The number of hydrogen-bond donors (Lipinski definition) is 1. The first kappa shape index (κ1) is 21.4. The molecule has 2 aromatic rings. The van der Waals surface area contributed by atoms with Gasteiger partial charge in [0, 0.05) is 22.9 Å². The highest BCUT2D eigenvalue weighted by atomic mass is 79.9. The van der Waals surface area contributed by atoms with Gasteiger partial charge in [-0.1, -0.05) is 35.8 Å². The average Bonchev–Trinajstić information content (AvgIpc) is 2.64. The number of carbonyl (C=O) groups excluding carboxylic acids is 1. The van der Waals surface area contributed by atoms with Crippen LogP contribution in [-0.4, -0.2) is 58.0 Å². The molecule has 0 aliphatic carbocycles. The number of ether oxygens (including phenoxy) is 1. The van der Waals surface area contributed by atoms with Crippen molar-refractivity contribution in [3.63, 3.8) is 0 Å². The lowest BCUT2D eigenvalue weighted by Crippen LogP contribution is -2.44. The molecule has 0 spiro atoms. The molecule has 1 fully saturated rings. The molecule has 2 heterocycles. The molecule has 3 rings (SSSR count). The highest BCUT2D eigenvalue weighted by Gasteiger charge is 2.26. The Bertz CT molecular complexity index is 996. The molecule has 0 radical (unpaired) electrons. The average molecular weight is 466 g/mol. The third kappa shape index (κ3) is 5.22. The van der Waals surface area contributed by atoms with Gasteiger partial charge < -0.3 is 14.7 Å². The molecule has 1 aromatic heterocycles. The molecule has 0 unspecified atom stereocenters. The summed E-state index contributed by atoms with van der Waals surface area (Å²) in [4.78, 5) is 38.5. The maximum atomic E-state index is 13.0. The number of nitrogens with zero attached hydrogens (tertiary/aromatic N) is 3. The van der Waals surface area contributed by atoms with E-state index in [-0.39, 0.29) is 24.4 Å². The number of benzene rings is 1. The minimum atomic E-state index is -0.891. The molecule has 1 amide bonds. The van der Waals surface area contributed by atoms with E-state index in [0.717, 1.165) is 4.47 Å². The lowest BCUT2D eigenvalue weighted by molar-refractivity contribution is -0.139. The van der Waals surface area contributed by atoms with Gasteiger partial charge in [-0.3, -0.25) is 14.4 Å². The lowest BCUT2D eigenvalue weighted by Gasteiger charge is -2.27. The van der Waals surface area contributed by atoms with E-state index in [0.29, 0.717) is 49.2 Å². The van der Waals surface area contributed by atoms with Crippen LogP contribution in [0.1, 0.15) is 26.0 Å². The van der Waals surface area contributed by atoms with Gasteiger partial charge in [0.15, 0.2) is 0 Å². The summed E-state index contributed by atoms with van der Waals surface area (Å²) >= 11 is 3.39. The lowest BCUT2D eigenvalue weighted by atomic mass is 9.83. The van der Waals surface area contributed by atoms with Crippen molar-refractivity contribution < 1.29 is 19.4 Å². The van der Waals surface area contributed by atoms with Gasteiger partial charge in [-0.25, -0.2) is 4.68 Å². The van der Waals surface area contributed by atoms with Gasteiger partial charge in [0.05, 0.1) is 30.7 Å². The van der Waals surface area contributed by atoms with Crippen molar-refractivity contribution in [2.24, 2.45) is 5.41 Å². The van der Waals surface area contributed by atoms with E-state index < -0.39 is 11.4 Å². The van der Waals surface area contributed by atoms with Crippen molar-refractivity contribution in [1.29, 1.82) is 0 Å². The Hall–Kier alpha value is -2.26. The number of carboxylic acids is 1. The molecule has 8 nitrogen and oxygen atoms in total. The first-order chi connectivity index (χ1) is 13.7. The Morgan fingerprint density at radius 2 is 1.93 bits per heavy atom. The molecule has 1 aliphatic rings. The highest BCUT2D eigenvalue weighted by molar-refractivity contribution is 9.10. The molecule has 1 aliphatic heterocycles. The SMILES string of the molecule is CC(C)(CC(=O)O)Cc1nn(CC(=O)N2CCOCC2)c(=O)c2cc(Br)ccc12. The third-order valence-corrected chi connectivity index (χ3v) is 5.42. The topological polar surface area (TPSA) is 102 Å². The van der Waals surface area contributed by atoms with E-state index in [1.807, 2.05) is 19.9 Å². The fourth-order valence-electron chi connectivity index (χ4n) is 3.53. The van der Waals surface area contributed by atoms with Gasteiger partial charge in [0.25, 0.3) is 5.56 Å². The van der Waals surface area contributed by atoms with Crippen molar-refractivity contribution >= 4 is 38.6 Å². The minimum absolute atomic E-state index is 0.0292.